The van der Waals surface area contributed by atoms with E-state index in [2.05, 4.69) is 150 Å². The highest BCUT2D eigenvalue weighted by atomic mass is 15.0. The molecule has 51 heavy (non-hydrogen) atoms. The summed E-state index contributed by atoms with van der Waals surface area (Å²) in [6, 6.07) is 64.0. The van der Waals surface area contributed by atoms with Gasteiger partial charge in [-0.1, -0.05) is 152 Å². The molecule has 0 aliphatic carbocycles. The van der Waals surface area contributed by atoms with Crippen molar-refractivity contribution in [2.24, 2.45) is 0 Å². The maximum absolute atomic E-state index is 5.10. The second-order valence-electron chi connectivity index (χ2n) is 12.9. The number of rotatable bonds is 5. The highest BCUT2D eigenvalue weighted by Crippen LogP contribution is 2.39. The van der Waals surface area contributed by atoms with Gasteiger partial charge < -0.3 is 4.57 Å². The second kappa shape index (κ2) is 11.9. The Balaban J connectivity index is 1.17. The van der Waals surface area contributed by atoms with E-state index < -0.39 is 0 Å². The topological polar surface area (TPSA) is 43.6 Å². The minimum atomic E-state index is 0.640. The normalized spacial score (nSPS) is 11.5. The SMILES string of the molecule is c1ccc(-c2ccc(-c3nc(-c4ccccc4)nc(-c4ccc5c(c4)c4ccccc4n5-c4cc5ccccc5c5ccccc45)n3)cc2)cc1. The molecule has 0 aliphatic rings. The van der Waals surface area contributed by atoms with Gasteiger partial charge in [-0.05, 0) is 57.6 Å². The Bertz CT molecular complexity index is 2890. The first-order valence-corrected chi connectivity index (χ1v) is 17.2. The number of nitrogens with zero attached hydrogens (tertiary/aromatic N) is 4. The van der Waals surface area contributed by atoms with Gasteiger partial charge in [0.2, 0.25) is 0 Å². The maximum atomic E-state index is 5.10. The standard InChI is InChI=1S/C47H30N4/c1-3-13-31(14-4-1)32-23-25-34(26-24-32)46-48-45(33-15-5-2-6-16-33)49-47(50-46)36-27-28-43-41(29-36)40-21-11-12-22-42(40)51(43)44-30-35-17-7-8-18-37(35)38-19-9-10-20-39(38)44/h1-30H. The predicted molar refractivity (Wildman–Crippen MR) is 211 cm³/mol. The summed E-state index contributed by atoms with van der Waals surface area (Å²) in [6.45, 7) is 0. The van der Waals surface area contributed by atoms with Crippen LogP contribution in [0.3, 0.4) is 0 Å². The molecule has 0 saturated heterocycles. The van der Waals surface area contributed by atoms with Gasteiger partial charge >= 0.3 is 0 Å². The van der Waals surface area contributed by atoms with E-state index in [1.54, 1.807) is 0 Å². The fourth-order valence-electron chi connectivity index (χ4n) is 7.38. The third-order valence-corrected chi connectivity index (χ3v) is 9.84. The number of aromatic nitrogens is 4. The molecule has 0 fully saturated rings. The molecule has 0 atom stereocenters. The molecule has 0 radical (unpaired) electrons. The van der Waals surface area contributed by atoms with Gasteiger partial charge in [-0.2, -0.15) is 0 Å². The molecule has 0 saturated carbocycles. The summed E-state index contributed by atoms with van der Waals surface area (Å²) in [6.07, 6.45) is 0. The van der Waals surface area contributed by atoms with Crippen LogP contribution in [0.5, 0.6) is 0 Å². The van der Waals surface area contributed by atoms with Crippen LogP contribution >= 0.6 is 0 Å². The molecule has 0 aliphatic heterocycles. The van der Waals surface area contributed by atoms with Crippen molar-refractivity contribution in [2.45, 2.75) is 0 Å². The third kappa shape index (κ3) is 4.96. The number of hydrogen-bond acceptors (Lipinski definition) is 3. The van der Waals surface area contributed by atoms with Crippen LogP contribution in [-0.2, 0) is 0 Å². The lowest BCUT2D eigenvalue weighted by Gasteiger charge is -2.14. The van der Waals surface area contributed by atoms with Crippen molar-refractivity contribution >= 4 is 43.4 Å². The van der Waals surface area contributed by atoms with Crippen LogP contribution in [0.4, 0.5) is 0 Å². The van der Waals surface area contributed by atoms with Gasteiger partial charge in [0.25, 0.3) is 0 Å². The molecular formula is C47H30N4. The molecular weight excluding hydrogens is 621 g/mol. The van der Waals surface area contributed by atoms with Crippen LogP contribution in [0, 0.1) is 0 Å². The van der Waals surface area contributed by atoms with Gasteiger partial charge in [-0.15, -0.1) is 0 Å². The van der Waals surface area contributed by atoms with Crippen molar-refractivity contribution in [3.63, 3.8) is 0 Å². The van der Waals surface area contributed by atoms with E-state index in [0.29, 0.717) is 17.5 Å². The van der Waals surface area contributed by atoms with Gasteiger partial charge in [-0.3, -0.25) is 0 Å². The van der Waals surface area contributed by atoms with E-state index >= 15 is 0 Å². The zero-order chi connectivity index (χ0) is 33.7. The van der Waals surface area contributed by atoms with Crippen molar-refractivity contribution in [1.82, 2.24) is 19.5 Å². The lowest BCUT2D eigenvalue weighted by molar-refractivity contribution is 1.07. The van der Waals surface area contributed by atoms with Crippen molar-refractivity contribution in [2.75, 3.05) is 0 Å². The average Bonchev–Trinajstić information content (AvgIpc) is 3.54. The van der Waals surface area contributed by atoms with E-state index in [1.165, 1.54) is 32.5 Å². The van der Waals surface area contributed by atoms with Crippen molar-refractivity contribution in [3.8, 4) is 51.0 Å². The summed E-state index contributed by atoms with van der Waals surface area (Å²) in [7, 11) is 0. The van der Waals surface area contributed by atoms with Crippen LogP contribution in [0.15, 0.2) is 182 Å². The largest absolute Gasteiger partial charge is 0.309 e. The van der Waals surface area contributed by atoms with E-state index in [4.69, 9.17) is 15.0 Å². The molecule has 4 heteroatoms. The molecule has 0 N–H and O–H groups in total. The lowest BCUT2D eigenvalue weighted by Crippen LogP contribution is -2.00. The summed E-state index contributed by atoms with van der Waals surface area (Å²) in [4.78, 5) is 15.1. The molecule has 2 aromatic heterocycles. The zero-order valence-corrected chi connectivity index (χ0v) is 27.6. The summed E-state index contributed by atoms with van der Waals surface area (Å²) < 4.78 is 2.41. The molecule has 0 unspecified atom stereocenters. The summed E-state index contributed by atoms with van der Waals surface area (Å²) in [5.41, 5.74) is 8.61. The van der Waals surface area contributed by atoms with Gasteiger partial charge in [0, 0.05) is 32.8 Å². The molecule has 0 bridgehead atoms. The molecule has 4 nitrogen and oxygen atoms in total. The number of fused-ring (bicyclic) bond motifs is 6. The van der Waals surface area contributed by atoms with Crippen molar-refractivity contribution < 1.29 is 0 Å². The van der Waals surface area contributed by atoms with E-state index in [0.717, 1.165) is 44.4 Å². The number of para-hydroxylation sites is 1. The molecule has 10 aromatic rings. The fourth-order valence-corrected chi connectivity index (χ4v) is 7.38. The molecule has 0 amide bonds. The highest BCUT2D eigenvalue weighted by Gasteiger charge is 2.18. The summed E-state index contributed by atoms with van der Waals surface area (Å²) in [5, 5.41) is 7.27. The smallest absolute Gasteiger partial charge is 0.164 e. The molecule has 0 spiro atoms. The van der Waals surface area contributed by atoms with Gasteiger partial charge in [-0.25, -0.2) is 15.0 Å². The van der Waals surface area contributed by atoms with Crippen molar-refractivity contribution in [3.05, 3.63) is 182 Å². The molecule has 238 valence electrons. The zero-order valence-electron chi connectivity index (χ0n) is 27.6. The Hall–Kier alpha value is -6.91. The van der Waals surface area contributed by atoms with E-state index in [9.17, 15) is 0 Å². The molecule has 10 rings (SSSR count). The van der Waals surface area contributed by atoms with Gasteiger partial charge in [0.1, 0.15) is 0 Å². The Kier molecular flexibility index (Phi) is 6.78. The second-order valence-corrected chi connectivity index (χ2v) is 12.9. The Morgan fingerprint density at radius 2 is 0.765 bits per heavy atom. The molecule has 8 aromatic carbocycles. The highest BCUT2D eigenvalue weighted by molar-refractivity contribution is 6.15. The van der Waals surface area contributed by atoms with Crippen LogP contribution in [0.2, 0.25) is 0 Å². The predicted octanol–water partition coefficient (Wildman–Crippen LogP) is 11.9. The maximum Gasteiger partial charge on any atom is 0.164 e. The fraction of sp³-hybridized carbons (Fsp3) is 0. The minimum Gasteiger partial charge on any atom is -0.309 e. The van der Waals surface area contributed by atoms with Gasteiger partial charge in [0.15, 0.2) is 17.5 Å². The van der Waals surface area contributed by atoms with Crippen LogP contribution < -0.4 is 0 Å². The van der Waals surface area contributed by atoms with Gasteiger partial charge in [0.05, 0.1) is 16.7 Å². The van der Waals surface area contributed by atoms with E-state index in [1.807, 2.05) is 36.4 Å². The van der Waals surface area contributed by atoms with Crippen LogP contribution in [0.1, 0.15) is 0 Å². The number of benzene rings is 8. The summed E-state index contributed by atoms with van der Waals surface area (Å²) in [5.74, 6) is 1.93. The lowest BCUT2D eigenvalue weighted by atomic mass is 10.00. The third-order valence-electron chi connectivity index (χ3n) is 9.84. The van der Waals surface area contributed by atoms with E-state index in [-0.39, 0.29) is 0 Å². The molecule has 2 heterocycles. The van der Waals surface area contributed by atoms with Crippen LogP contribution in [-0.4, -0.2) is 19.5 Å². The van der Waals surface area contributed by atoms with Crippen LogP contribution in [0.25, 0.3) is 94.3 Å². The Morgan fingerprint density at radius 3 is 1.49 bits per heavy atom. The average molecular weight is 651 g/mol. The first-order chi connectivity index (χ1) is 25.3. The summed E-state index contributed by atoms with van der Waals surface area (Å²) >= 11 is 0. The quantitative estimate of drug-likeness (QED) is 0.174. The Labute approximate surface area is 295 Å². The minimum absolute atomic E-state index is 0.640. The first kappa shape index (κ1) is 29.0. The number of hydrogen-bond donors (Lipinski definition) is 0. The van der Waals surface area contributed by atoms with Crippen molar-refractivity contribution in [1.29, 1.82) is 0 Å². The first-order valence-electron chi connectivity index (χ1n) is 17.2. The Morgan fingerprint density at radius 1 is 0.294 bits per heavy atom. The monoisotopic (exact) mass is 650 g/mol.